The molecule has 2 aromatic rings. The van der Waals surface area contributed by atoms with Crippen LogP contribution in [0.3, 0.4) is 0 Å². The van der Waals surface area contributed by atoms with Crippen LogP contribution >= 0.6 is 0 Å². The number of methoxy groups -OCH3 is 1. The Kier molecular flexibility index (Phi) is 3.68. The number of hydrogen-bond donors (Lipinski definition) is 0. The number of fused-ring (bicyclic) bond motifs is 1. The van der Waals surface area contributed by atoms with Gasteiger partial charge in [0.05, 0.1) is 12.7 Å². The summed E-state index contributed by atoms with van der Waals surface area (Å²) in [6.07, 6.45) is 1.98. The maximum absolute atomic E-state index is 13.2. The van der Waals surface area contributed by atoms with Crippen LogP contribution < -0.4 is 4.74 Å². The second-order valence-electron chi connectivity index (χ2n) is 5.97. The molecule has 0 fully saturated rings. The molecular weight excluding hydrogens is 295 g/mol. The van der Waals surface area contributed by atoms with Crippen LogP contribution in [0.5, 0.6) is 5.75 Å². The Morgan fingerprint density at radius 3 is 2.48 bits per heavy atom. The van der Waals surface area contributed by atoms with E-state index in [9.17, 15) is 9.18 Å². The zero-order chi connectivity index (χ0) is 16.6. The molecular formula is C19H17FO3. The molecule has 1 heterocycles. The average molecular weight is 312 g/mol. The zero-order valence-corrected chi connectivity index (χ0v) is 13.2. The van der Waals surface area contributed by atoms with Gasteiger partial charge >= 0.3 is 5.97 Å². The topological polar surface area (TPSA) is 35.5 Å². The fourth-order valence-corrected chi connectivity index (χ4v) is 2.68. The molecule has 3 rings (SSSR count). The van der Waals surface area contributed by atoms with Crippen LogP contribution in [0.2, 0.25) is 0 Å². The lowest BCUT2D eigenvalue weighted by molar-refractivity contribution is 0.0600. The third-order valence-electron chi connectivity index (χ3n) is 3.71. The molecule has 0 aromatic heterocycles. The van der Waals surface area contributed by atoms with Gasteiger partial charge in [0, 0.05) is 5.56 Å². The normalized spacial score (nSPS) is 15.2. The van der Waals surface area contributed by atoms with Crippen molar-refractivity contribution >= 4 is 11.5 Å². The van der Waals surface area contributed by atoms with Gasteiger partial charge in [-0.3, -0.25) is 0 Å². The molecule has 2 aromatic carbocycles. The summed E-state index contributed by atoms with van der Waals surface area (Å²) in [5.41, 5.74) is 2.51. The SMILES string of the molecule is COC(=O)c1ccc2c(c1)C(c1ccc(F)cc1)=CC(C)(C)O2. The number of carbonyl (C=O) groups excluding carboxylic acids is 1. The largest absolute Gasteiger partial charge is 0.483 e. The van der Waals surface area contributed by atoms with E-state index in [-0.39, 0.29) is 5.82 Å². The van der Waals surface area contributed by atoms with Crippen molar-refractivity contribution in [3.63, 3.8) is 0 Å². The first-order chi connectivity index (χ1) is 10.9. The van der Waals surface area contributed by atoms with Crippen LogP contribution in [-0.4, -0.2) is 18.7 Å². The molecule has 4 heteroatoms. The van der Waals surface area contributed by atoms with Gasteiger partial charge in [-0.05, 0) is 61.4 Å². The molecule has 0 spiro atoms. The van der Waals surface area contributed by atoms with E-state index in [1.165, 1.54) is 19.2 Å². The first kappa shape index (κ1) is 15.3. The highest BCUT2D eigenvalue weighted by Gasteiger charge is 2.28. The van der Waals surface area contributed by atoms with Crippen molar-refractivity contribution in [1.29, 1.82) is 0 Å². The van der Waals surface area contributed by atoms with Crippen molar-refractivity contribution in [2.24, 2.45) is 0 Å². The fourth-order valence-electron chi connectivity index (χ4n) is 2.68. The van der Waals surface area contributed by atoms with Gasteiger partial charge in [0.2, 0.25) is 0 Å². The van der Waals surface area contributed by atoms with Gasteiger partial charge in [0.25, 0.3) is 0 Å². The van der Waals surface area contributed by atoms with Gasteiger partial charge in [0.15, 0.2) is 0 Å². The summed E-state index contributed by atoms with van der Waals surface area (Å²) in [7, 11) is 1.35. The Morgan fingerprint density at radius 2 is 1.83 bits per heavy atom. The molecule has 118 valence electrons. The molecule has 0 saturated carbocycles. The fraction of sp³-hybridized carbons (Fsp3) is 0.211. The Labute approximate surface area is 134 Å². The van der Waals surface area contributed by atoms with Gasteiger partial charge in [0.1, 0.15) is 17.2 Å². The van der Waals surface area contributed by atoms with E-state index in [2.05, 4.69) is 0 Å². The molecule has 0 amide bonds. The van der Waals surface area contributed by atoms with Crippen LogP contribution in [-0.2, 0) is 4.74 Å². The molecule has 0 radical (unpaired) electrons. The Hall–Kier alpha value is -2.62. The quantitative estimate of drug-likeness (QED) is 0.779. The van der Waals surface area contributed by atoms with Crippen LogP contribution in [0.25, 0.3) is 5.57 Å². The number of hydrogen-bond acceptors (Lipinski definition) is 3. The maximum atomic E-state index is 13.2. The molecule has 0 atom stereocenters. The predicted octanol–water partition coefficient (Wildman–Crippen LogP) is 4.22. The third-order valence-corrected chi connectivity index (χ3v) is 3.71. The average Bonchev–Trinajstić information content (AvgIpc) is 2.53. The molecule has 1 aliphatic heterocycles. The Bertz CT molecular complexity index is 789. The molecule has 0 saturated heterocycles. The van der Waals surface area contributed by atoms with Gasteiger partial charge in [-0.2, -0.15) is 0 Å². The van der Waals surface area contributed by atoms with Crippen molar-refractivity contribution in [2.45, 2.75) is 19.4 Å². The van der Waals surface area contributed by atoms with E-state index >= 15 is 0 Å². The van der Waals surface area contributed by atoms with Crippen molar-refractivity contribution in [1.82, 2.24) is 0 Å². The first-order valence-corrected chi connectivity index (χ1v) is 7.30. The van der Waals surface area contributed by atoms with Crippen LogP contribution in [0.15, 0.2) is 48.5 Å². The molecule has 0 unspecified atom stereocenters. The summed E-state index contributed by atoms with van der Waals surface area (Å²) >= 11 is 0. The van der Waals surface area contributed by atoms with Gasteiger partial charge in [-0.15, -0.1) is 0 Å². The van der Waals surface area contributed by atoms with Gasteiger partial charge in [-0.1, -0.05) is 12.1 Å². The first-order valence-electron chi connectivity index (χ1n) is 7.30. The minimum absolute atomic E-state index is 0.288. The smallest absolute Gasteiger partial charge is 0.337 e. The monoisotopic (exact) mass is 312 g/mol. The minimum atomic E-state index is -0.497. The van der Waals surface area contributed by atoms with Crippen molar-refractivity contribution in [3.05, 3.63) is 71.0 Å². The zero-order valence-electron chi connectivity index (χ0n) is 13.2. The number of ether oxygens (including phenoxy) is 2. The molecule has 3 nitrogen and oxygen atoms in total. The Morgan fingerprint density at radius 1 is 1.13 bits per heavy atom. The Balaban J connectivity index is 2.16. The summed E-state index contributed by atoms with van der Waals surface area (Å²) < 4.78 is 23.9. The molecule has 1 aliphatic rings. The number of halogens is 1. The van der Waals surface area contributed by atoms with Gasteiger partial charge < -0.3 is 9.47 Å². The summed E-state index contributed by atoms with van der Waals surface area (Å²) in [6, 6.07) is 11.5. The summed E-state index contributed by atoms with van der Waals surface area (Å²) in [6.45, 7) is 3.90. The van der Waals surface area contributed by atoms with E-state index < -0.39 is 11.6 Å². The highest BCUT2D eigenvalue weighted by molar-refractivity contribution is 5.93. The summed E-state index contributed by atoms with van der Waals surface area (Å²) in [5, 5.41) is 0. The van der Waals surface area contributed by atoms with E-state index in [1.54, 1.807) is 30.3 Å². The standard InChI is InChI=1S/C19H17FO3/c1-19(2)11-16(12-4-7-14(20)8-5-12)15-10-13(18(21)22-3)6-9-17(15)23-19/h4-11H,1-3H3. The predicted molar refractivity (Wildman–Crippen MR) is 86.0 cm³/mol. The second-order valence-corrected chi connectivity index (χ2v) is 5.97. The lowest BCUT2D eigenvalue weighted by Gasteiger charge is -2.31. The van der Waals surface area contributed by atoms with Crippen molar-refractivity contribution in [3.8, 4) is 5.75 Å². The molecule has 0 aliphatic carbocycles. The highest BCUT2D eigenvalue weighted by Crippen LogP contribution is 2.39. The van der Waals surface area contributed by atoms with Crippen LogP contribution in [0, 0.1) is 5.82 Å². The van der Waals surface area contributed by atoms with Crippen LogP contribution in [0.1, 0.15) is 35.3 Å². The molecule has 0 bridgehead atoms. The van der Waals surface area contributed by atoms with Gasteiger partial charge in [-0.25, -0.2) is 9.18 Å². The summed E-state index contributed by atoms with van der Waals surface area (Å²) in [5.74, 6) is -0.00947. The number of benzene rings is 2. The van der Waals surface area contributed by atoms with E-state index in [1.807, 2.05) is 19.9 Å². The molecule has 23 heavy (non-hydrogen) atoms. The molecule has 0 N–H and O–H groups in total. The van der Waals surface area contributed by atoms with E-state index in [0.29, 0.717) is 11.3 Å². The number of esters is 1. The maximum Gasteiger partial charge on any atom is 0.337 e. The summed E-state index contributed by atoms with van der Waals surface area (Å²) in [4.78, 5) is 11.8. The van der Waals surface area contributed by atoms with E-state index in [4.69, 9.17) is 9.47 Å². The van der Waals surface area contributed by atoms with Crippen molar-refractivity contribution < 1.29 is 18.7 Å². The van der Waals surface area contributed by atoms with Crippen LogP contribution in [0.4, 0.5) is 4.39 Å². The highest BCUT2D eigenvalue weighted by atomic mass is 19.1. The minimum Gasteiger partial charge on any atom is -0.483 e. The lowest BCUT2D eigenvalue weighted by Crippen LogP contribution is -2.29. The lowest BCUT2D eigenvalue weighted by atomic mass is 9.89. The number of rotatable bonds is 2. The van der Waals surface area contributed by atoms with Crippen molar-refractivity contribution in [2.75, 3.05) is 7.11 Å². The number of carbonyl (C=O) groups is 1. The third kappa shape index (κ3) is 2.97. The van der Waals surface area contributed by atoms with E-state index in [0.717, 1.165) is 16.7 Å². The second kappa shape index (κ2) is 5.54.